The minimum absolute atomic E-state index is 0.381. The predicted octanol–water partition coefficient (Wildman–Crippen LogP) is 3.14. The number of fused-ring (bicyclic) bond motifs is 1. The SMILES string of the molecule is CCC(CC)Nc1cc(Nc2ncccn2)c2nnc(C3CC3)n2n1. The lowest BCUT2D eigenvalue weighted by Crippen LogP contribution is -2.19. The van der Waals surface area contributed by atoms with Crippen molar-refractivity contribution in [1.29, 1.82) is 0 Å². The fourth-order valence-corrected chi connectivity index (χ4v) is 2.84. The highest BCUT2D eigenvalue weighted by Gasteiger charge is 2.30. The molecule has 4 rings (SSSR count). The topological polar surface area (TPSA) is 92.9 Å². The molecule has 0 saturated heterocycles. The Hall–Kier alpha value is -2.77. The number of rotatable bonds is 7. The van der Waals surface area contributed by atoms with E-state index in [4.69, 9.17) is 5.10 Å². The summed E-state index contributed by atoms with van der Waals surface area (Å²) < 4.78 is 1.85. The molecule has 0 aromatic carbocycles. The van der Waals surface area contributed by atoms with E-state index in [1.54, 1.807) is 18.5 Å². The van der Waals surface area contributed by atoms with Crippen molar-refractivity contribution in [3.05, 3.63) is 30.4 Å². The Kier molecular flexibility index (Phi) is 4.17. The van der Waals surface area contributed by atoms with E-state index in [-0.39, 0.29) is 0 Å². The minimum Gasteiger partial charge on any atom is -0.366 e. The van der Waals surface area contributed by atoms with Crippen molar-refractivity contribution in [3.63, 3.8) is 0 Å². The van der Waals surface area contributed by atoms with Gasteiger partial charge in [-0.1, -0.05) is 13.8 Å². The molecule has 1 aliphatic carbocycles. The van der Waals surface area contributed by atoms with E-state index in [0.29, 0.717) is 23.6 Å². The Morgan fingerprint density at radius 1 is 1.16 bits per heavy atom. The number of nitrogens with zero attached hydrogens (tertiary/aromatic N) is 6. The van der Waals surface area contributed by atoms with Gasteiger partial charge in [-0.3, -0.25) is 0 Å². The van der Waals surface area contributed by atoms with Crippen molar-refractivity contribution in [2.45, 2.75) is 51.5 Å². The van der Waals surface area contributed by atoms with Crippen LogP contribution in [-0.4, -0.2) is 35.8 Å². The van der Waals surface area contributed by atoms with Crippen LogP contribution in [0.2, 0.25) is 0 Å². The third-order valence-corrected chi connectivity index (χ3v) is 4.49. The molecular formula is C17H22N8. The van der Waals surface area contributed by atoms with Crippen LogP contribution >= 0.6 is 0 Å². The fraction of sp³-hybridized carbons (Fsp3) is 0.471. The van der Waals surface area contributed by atoms with Crippen LogP contribution < -0.4 is 10.6 Å². The maximum atomic E-state index is 4.73. The number of hydrogen-bond acceptors (Lipinski definition) is 7. The summed E-state index contributed by atoms with van der Waals surface area (Å²) in [5.74, 6) is 2.73. The third-order valence-electron chi connectivity index (χ3n) is 4.49. The van der Waals surface area contributed by atoms with Gasteiger partial charge >= 0.3 is 0 Å². The second kappa shape index (κ2) is 6.62. The van der Waals surface area contributed by atoms with Crippen LogP contribution in [0, 0.1) is 0 Å². The summed E-state index contributed by atoms with van der Waals surface area (Å²) in [5.41, 5.74) is 1.50. The normalized spacial score (nSPS) is 14.2. The van der Waals surface area contributed by atoms with Gasteiger partial charge in [0.25, 0.3) is 0 Å². The van der Waals surface area contributed by atoms with Crippen molar-refractivity contribution < 1.29 is 0 Å². The average molecular weight is 338 g/mol. The van der Waals surface area contributed by atoms with E-state index in [1.165, 1.54) is 0 Å². The van der Waals surface area contributed by atoms with Crippen molar-refractivity contribution >= 4 is 23.1 Å². The molecule has 130 valence electrons. The van der Waals surface area contributed by atoms with Gasteiger partial charge < -0.3 is 10.6 Å². The van der Waals surface area contributed by atoms with Gasteiger partial charge in [-0.2, -0.15) is 4.52 Å². The molecule has 1 saturated carbocycles. The molecule has 3 heterocycles. The monoisotopic (exact) mass is 338 g/mol. The van der Waals surface area contributed by atoms with Crippen LogP contribution in [0.1, 0.15) is 51.3 Å². The van der Waals surface area contributed by atoms with Gasteiger partial charge in [-0.05, 0) is 31.7 Å². The van der Waals surface area contributed by atoms with Crippen molar-refractivity contribution in [1.82, 2.24) is 29.8 Å². The van der Waals surface area contributed by atoms with E-state index >= 15 is 0 Å². The lowest BCUT2D eigenvalue weighted by molar-refractivity contribution is 0.664. The molecule has 8 nitrogen and oxygen atoms in total. The highest BCUT2D eigenvalue weighted by Crippen LogP contribution is 2.39. The highest BCUT2D eigenvalue weighted by atomic mass is 15.4. The van der Waals surface area contributed by atoms with Gasteiger partial charge in [-0.25, -0.2) is 9.97 Å². The Labute approximate surface area is 146 Å². The standard InChI is InChI=1S/C17H22N8/c1-3-12(4-2)20-14-10-13(21-17-18-8-5-9-19-17)16-23-22-15(11-6-7-11)25(16)24-14/h5,8-12H,3-4,6-7H2,1-2H3,(H,20,24)(H,18,19,21). The van der Waals surface area contributed by atoms with Crippen LogP contribution in [-0.2, 0) is 0 Å². The van der Waals surface area contributed by atoms with Gasteiger partial charge in [0.2, 0.25) is 11.6 Å². The first kappa shape index (κ1) is 15.7. The Morgan fingerprint density at radius 3 is 2.60 bits per heavy atom. The number of hydrogen-bond donors (Lipinski definition) is 2. The van der Waals surface area contributed by atoms with Gasteiger partial charge in [0.15, 0.2) is 5.82 Å². The van der Waals surface area contributed by atoms with Gasteiger partial charge in [0.05, 0.1) is 5.69 Å². The Morgan fingerprint density at radius 2 is 1.92 bits per heavy atom. The predicted molar refractivity (Wildman–Crippen MR) is 96.1 cm³/mol. The van der Waals surface area contributed by atoms with E-state index < -0.39 is 0 Å². The highest BCUT2D eigenvalue weighted by molar-refractivity contribution is 5.73. The number of nitrogens with one attached hydrogen (secondary N) is 2. The molecule has 0 aliphatic heterocycles. The quantitative estimate of drug-likeness (QED) is 0.683. The lowest BCUT2D eigenvalue weighted by Gasteiger charge is -2.16. The molecule has 0 radical (unpaired) electrons. The zero-order chi connectivity index (χ0) is 17.2. The fourth-order valence-electron chi connectivity index (χ4n) is 2.84. The first-order valence-corrected chi connectivity index (χ1v) is 8.85. The lowest BCUT2D eigenvalue weighted by atomic mass is 10.2. The zero-order valence-electron chi connectivity index (χ0n) is 14.5. The summed E-state index contributed by atoms with van der Waals surface area (Å²) in [7, 11) is 0. The molecule has 1 fully saturated rings. The molecule has 8 heteroatoms. The summed E-state index contributed by atoms with van der Waals surface area (Å²) in [6, 6.07) is 4.12. The maximum Gasteiger partial charge on any atom is 0.227 e. The Balaban J connectivity index is 1.76. The largest absolute Gasteiger partial charge is 0.366 e. The van der Waals surface area contributed by atoms with E-state index in [2.05, 4.69) is 44.6 Å². The van der Waals surface area contributed by atoms with Gasteiger partial charge in [0.1, 0.15) is 5.82 Å². The molecule has 0 amide bonds. The number of aromatic nitrogens is 6. The van der Waals surface area contributed by atoms with E-state index in [1.807, 2.05) is 10.6 Å². The van der Waals surface area contributed by atoms with Crippen LogP contribution in [0.15, 0.2) is 24.5 Å². The summed E-state index contributed by atoms with van der Waals surface area (Å²) >= 11 is 0. The molecule has 25 heavy (non-hydrogen) atoms. The van der Waals surface area contributed by atoms with E-state index in [0.717, 1.165) is 43.0 Å². The Bertz CT molecular complexity index is 852. The molecule has 3 aromatic rings. The molecule has 0 spiro atoms. The maximum absolute atomic E-state index is 4.73. The summed E-state index contributed by atoms with van der Waals surface area (Å²) in [6.07, 6.45) is 7.79. The first-order chi connectivity index (χ1) is 12.3. The summed E-state index contributed by atoms with van der Waals surface area (Å²) in [4.78, 5) is 8.48. The molecular weight excluding hydrogens is 316 g/mol. The van der Waals surface area contributed by atoms with Crippen molar-refractivity contribution in [3.8, 4) is 0 Å². The smallest absolute Gasteiger partial charge is 0.227 e. The number of anilines is 3. The van der Waals surface area contributed by atoms with Crippen LogP contribution in [0.3, 0.4) is 0 Å². The molecule has 0 atom stereocenters. The molecule has 2 N–H and O–H groups in total. The minimum atomic E-state index is 0.381. The molecule has 3 aromatic heterocycles. The summed E-state index contributed by atoms with van der Waals surface area (Å²) in [5, 5.41) is 20.2. The van der Waals surface area contributed by atoms with Crippen molar-refractivity contribution in [2.75, 3.05) is 10.6 Å². The van der Waals surface area contributed by atoms with E-state index in [9.17, 15) is 0 Å². The zero-order valence-corrected chi connectivity index (χ0v) is 14.5. The molecule has 0 unspecified atom stereocenters. The van der Waals surface area contributed by atoms with Gasteiger partial charge in [0, 0.05) is 30.4 Å². The third kappa shape index (κ3) is 3.24. The van der Waals surface area contributed by atoms with Crippen LogP contribution in [0.5, 0.6) is 0 Å². The van der Waals surface area contributed by atoms with Crippen molar-refractivity contribution in [2.24, 2.45) is 0 Å². The second-order valence-electron chi connectivity index (χ2n) is 6.37. The average Bonchev–Trinajstić information content (AvgIpc) is 3.40. The van der Waals surface area contributed by atoms with Gasteiger partial charge in [-0.15, -0.1) is 15.3 Å². The molecule has 1 aliphatic rings. The second-order valence-corrected chi connectivity index (χ2v) is 6.37. The summed E-state index contributed by atoms with van der Waals surface area (Å²) in [6.45, 7) is 4.34. The van der Waals surface area contributed by atoms with Crippen LogP contribution in [0.25, 0.3) is 5.65 Å². The molecule has 0 bridgehead atoms. The van der Waals surface area contributed by atoms with Crippen LogP contribution in [0.4, 0.5) is 17.5 Å². The first-order valence-electron chi connectivity index (χ1n) is 8.85.